The molecule has 4 heteroatoms. The summed E-state index contributed by atoms with van der Waals surface area (Å²) in [5.74, 6) is 2.08. The van der Waals surface area contributed by atoms with Crippen LogP contribution in [-0.2, 0) is 25.7 Å². The Morgan fingerprint density at radius 3 is 1.41 bits per heavy atom. The van der Waals surface area contributed by atoms with Crippen molar-refractivity contribution in [3.05, 3.63) is 131 Å². The van der Waals surface area contributed by atoms with Gasteiger partial charge in [0.2, 0.25) is 0 Å². The molecule has 2 nitrogen and oxygen atoms in total. The van der Waals surface area contributed by atoms with Crippen LogP contribution in [-0.4, -0.2) is 33.7 Å². The number of hydrogen-bond acceptors (Lipinski definition) is 4. The van der Waals surface area contributed by atoms with E-state index in [1.807, 2.05) is 23.5 Å². The Morgan fingerprint density at radius 1 is 0.538 bits per heavy atom. The first-order chi connectivity index (χ1) is 19.3. The zero-order valence-electron chi connectivity index (χ0n) is 22.0. The molecule has 0 spiro atoms. The van der Waals surface area contributed by atoms with Crippen molar-refractivity contribution in [3.63, 3.8) is 0 Å². The van der Waals surface area contributed by atoms with Crippen LogP contribution in [0.4, 0.5) is 0 Å². The molecule has 0 radical (unpaired) electrons. The van der Waals surface area contributed by atoms with Gasteiger partial charge in [0.15, 0.2) is 0 Å². The van der Waals surface area contributed by atoms with Crippen molar-refractivity contribution < 1.29 is 0 Å². The van der Waals surface area contributed by atoms with Crippen LogP contribution >= 0.6 is 23.5 Å². The van der Waals surface area contributed by atoms with E-state index in [1.54, 1.807) is 0 Å². The summed E-state index contributed by atoms with van der Waals surface area (Å²) in [6, 6.07) is 40.3. The molecule has 0 unspecified atom stereocenters. The third kappa shape index (κ3) is 5.01. The number of fused-ring (bicyclic) bond motifs is 3. The molecule has 2 atom stereocenters. The van der Waals surface area contributed by atoms with Crippen LogP contribution in [0.1, 0.15) is 22.3 Å². The van der Waals surface area contributed by atoms with Gasteiger partial charge in [-0.25, -0.2) is 0 Å². The molecule has 4 aromatic carbocycles. The number of nitrogens with zero attached hydrogens (tertiary/aromatic N) is 2. The molecule has 0 saturated carbocycles. The van der Waals surface area contributed by atoms with Crippen LogP contribution in [0.15, 0.2) is 119 Å². The SMILES string of the molecule is c1ccc(C[C@H]2CSC(C3(C4=N[C@@H](Cc5ccccc5)CS4)Cc4ccccc4-c4ccccc4C3)=N2)cc1. The van der Waals surface area contributed by atoms with Crippen LogP contribution < -0.4 is 0 Å². The second kappa shape index (κ2) is 10.8. The fourth-order valence-corrected chi connectivity index (χ4v) is 8.95. The number of aliphatic imine (C=N–C) groups is 2. The fraction of sp³-hybridized carbons (Fsp3) is 0.257. The minimum absolute atomic E-state index is 0.213. The highest BCUT2D eigenvalue weighted by Crippen LogP contribution is 2.49. The second-order valence-electron chi connectivity index (χ2n) is 10.9. The molecule has 3 aliphatic rings. The van der Waals surface area contributed by atoms with Gasteiger partial charge in [-0.1, -0.05) is 109 Å². The highest BCUT2D eigenvalue weighted by atomic mass is 32.2. The third-order valence-electron chi connectivity index (χ3n) is 8.18. The lowest BCUT2D eigenvalue weighted by Gasteiger charge is -2.33. The normalized spacial score (nSPS) is 21.4. The van der Waals surface area contributed by atoms with Crippen molar-refractivity contribution in [2.24, 2.45) is 15.4 Å². The summed E-state index contributed by atoms with van der Waals surface area (Å²) in [4.78, 5) is 11.0. The molecule has 39 heavy (non-hydrogen) atoms. The van der Waals surface area contributed by atoms with Gasteiger partial charge in [-0.2, -0.15) is 0 Å². The van der Waals surface area contributed by atoms with Gasteiger partial charge in [0.25, 0.3) is 0 Å². The van der Waals surface area contributed by atoms with Crippen LogP contribution in [0.2, 0.25) is 0 Å². The predicted octanol–water partition coefficient (Wildman–Crippen LogP) is 7.95. The van der Waals surface area contributed by atoms with E-state index < -0.39 is 0 Å². The van der Waals surface area contributed by atoms with Crippen LogP contribution in [0.5, 0.6) is 0 Å². The average Bonchev–Trinajstić information content (AvgIpc) is 3.62. The van der Waals surface area contributed by atoms with Crippen molar-refractivity contribution in [3.8, 4) is 11.1 Å². The zero-order chi connectivity index (χ0) is 26.1. The van der Waals surface area contributed by atoms with Crippen LogP contribution in [0.25, 0.3) is 11.1 Å². The lowest BCUT2D eigenvalue weighted by Crippen LogP contribution is -2.39. The quantitative estimate of drug-likeness (QED) is 0.246. The Hall–Kier alpha value is -3.08. The largest absolute Gasteiger partial charge is 0.277 e. The van der Waals surface area contributed by atoms with Gasteiger partial charge >= 0.3 is 0 Å². The fourth-order valence-electron chi connectivity index (χ4n) is 6.32. The van der Waals surface area contributed by atoms with Crippen LogP contribution in [0.3, 0.4) is 0 Å². The van der Waals surface area contributed by atoms with Crippen molar-refractivity contribution in [2.75, 3.05) is 11.5 Å². The van der Waals surface area contributed by atoms with E-state index in [9.17, 15) is 0 Å². The molecule has 194 valence electrons. The van der Waals surface area contributed by atoms with Gasteiger partial charge < -0.3 is 0 Å². The van der Waals surface area contributed by atoms with Gasteiger partial charge in [-0.3, -0.25) is 9.98 Å². The van der Waals surface area contributed by atoms with E-state index in [0.717, 1.165) is 37.2 Å². The zero-order valence-corrected chi connectivity index (χ0v) is 23.6. The van der Waals surface area contributed by atoms with E-state index in [2.05, 4.69) is 109 Å². The summed E-state index contributed by atoms with van der Waals surface area (Å²) in [5, 5.41) is 2.59. The maximum absolute atomic E-state index is 5.51. The van der Waals surface area contributed by atoms with E-state index in [1.165, 1.54) is 43.5 Å². The molecule has 1 aliphatic carbocycles. The van der Waals surface area contributed by atoms with Gasteiger partial charge in [-0.15, -0.1) is 23.5 Å². The predicted molar refractivity (Wildman–Crippen MR) is 169 cm³/mol. The standard InChI is InChI=1S/C35H32N2S2/c1-3-11-25(12-4-1)19-29-23-38-33(36-29)35(34-37-30(24-39-34)20-26-13-5-2-6-14-26)21-27-15-7-9-17-31(27)32-18-10-8-16-28(32)22-35/h1-18,29-30H,19-24H2/t29-,30-/m0/s1. The molecule has 2 aliphatic heterocycles. The molecular formula is C35H32N2S2. The van der Waals surface area contributed by atoms with Crippen LogP contribution in [0, 0.1) is 5.41 Å². The Labute approximate surface area is 240 Å². The highest BCUT2D eigenvalue weighted by molar-refractivity contribution is 8.16. The first kappa shape index (κ1) is 24.9. The molecule has 0 amide bonds. The van der Waals surface area contributed by atoms with E-state index in [-0.39, 0.29) is 5.41 Å². The minimum Gasteiger partial charge on any atom is -0.277 e. The van der Waals surface area contributed by atoms with E-state index in [0.29, 0.717) is 12.1 Å². The van der Waals surface area contributed by atoms with Crippen molar-refractivity contribution in [1.29, 1.82) is 0 Å². The topological polar surface area (TPSA) is 24.7 Å². The molecular weight excluding hydrogens is 513 g/mol. The second-order valence-corrected chi connectivity index (χ2v) is 12.9. The molecule has 0 aromatic heterocycles. The number of benzene rings is 4. The third-order valence-corrected chi connectivity index (χ3v) is 10.8. The van der Waals surface area contributed by atoms with E-state index in [4.69, 9.17) is 9.98 Å². The molecule has 4 aromatic rings. The van der Waals surface area contributed by atoms with Gasteiger partial charge in [0, 0.05) is 11.5 Å². The molecule has 2 heterocycles. The lowest BCUT2D eigenvalue weighted by molar-refractivity contribution is 0.580. The maximum Gasteiger partial charge on any atom is 0.0814 e. The van der Waals surface area contributed by atoms with Gasteiger partial charge in [0.05, 0.1) is 27.6 Å². The number of thioether (sulfide) groups is 2. The minimum atomic E-state index is -0.213. The van der Waals surface area contributed by atoms with Gasteiger partial charge in [-0.05, 0) is 59.1 Å². The molecule has 0 bridgehead atoms. The van der Waals surface area contributed by atoms with E-state index >= 15 is 0 Å². The highest BCUT2D eigenvalue weighted by Gasteiger charge is 2.47. The summed E-state index contributed by atoms with van der Waals surface area (Å²) in [6.45, 7) is 0. The number of rotatable bonds is 6. The monoisotopic (exact) mass is 544 g/mol. The smallest absolute Gasteiger partial charge is 0.0814 e. The molecule has 0 N–H and O–H groups in total. The average molecular weight is 545 g/mol. The van der Waals surface area contributed by atoms with Crippen molar-refractivity contribution in [2.45, 2.75) is 37.8 Å². The van der Waals surface area contributed by atoms with Gasteiger partial charge in [0.1, 0.15) is 0 Å². The van der Waals surface area contributed by atoms with Crippen molar-refractivity contribution in [1.82, 2.24) is 0 Å². The maximum atomic E-state index is 5.51. The molecule has 0 saturated heterocycles. The Morgan fingerprint density at radius 2 is 0.949 bits per heavy atom. The molecule has 0 fully saturated rings. The molecule has 7 rings (SSSR count). The number of hydrogen-bond donors (Lipinski definition) is 0. The first-order valence-corrected chi connectivity index (χ1v) is 15.9. The Kier molecular flexibility index (Phi) is 6.92. The lowest BCUT2D eigenvalue weighted by atomic mass is 9.79. The van der Waals surface area contributed by atoms with Crippen molar-refractivity contribution >= 4 is 33.6 Å². The summed E-state index contributed by atoms with van der Waals surface area (Å²) in [6.07, 6.45) is 3.89. The Bertz CT molecular complexity index is 1410. The summed E-state index contributed by atoms with van der Waals surface area (Å²) in [5.41, 5.74) is 8.07. The summed E-state index contributed by atoms with van der Waals surface area (Å²) >= 11 is 3.96. The first-order valence-electron chi connectivity index (χ1n) is 13.9. The summed E-state index contributed by atoms with van der Waals surface area (Å²) < 4.78 is 0. The summed E-state index contributed by atoms with van der Waals surface area (Å²) in [7, 11) is 0. The Balaban J connectivity index is 1.31.